The maximum absolute atomic E-state index is 14.0. The minimum atomic E-state index is -3.72. The first-order valence-corrected chi connectivity index (χ1v) is 17.6. The summed E-state index contributed by atoms with van der Waals surface area (Å²) in [6.07, 6.45) is 0.542. The van der Waals surface area contributed by atoms with Crippen molar-refractivity contribution in [2.45, 2.75) is 68.1 Å². The molecule has 1 saturated heterocycles. The number of aliphatic hydroxyl groups excluding tert-OH is 2. The van der Waals surface area contributed by atoms with E-state index in [1.807, 2.05) is 115 Å². The lowest BCUT2D eigenvalue weighted by Gasteiger charge is -2.28. The predicted octanol–water partition coefficient (Wildman–Crippen LogP) is 4.63. The molecule has 3 N–H and O–H groups in total. The number of nitrogens with one attached hydrogen (secondary N) is 1. The molecular formula is C38H42N2O5S. The van der Waals surface area contributed by atoms with E-state index in [-0.39, 0.29) is 24.9 Å². The smallest absolute Gasteiger partial charge is 0.224 e. The lowest BCUT2D eigenvalue weighted by Crippen LogP contribution is -2.44. The van der Waals surface area contributed by atoms with E-state index in [1.54, 1.807) is 0 Å². The van der Waals surface area contributed by atoms with E-state index in [0.29, 0.717) is 32.1 Å². The number of benzene rings is 4. The molecule has 7 nitrogen and oxygen atoms in total. The standard InChI is InChI=1S/C38H42N2O5S/c41-33(23-31(20-27-12-4-1-5-13-27)38(43)39-37-35-19-11-10-18-30(35)24-36(37)42)26-40-32(21-28-14-6-2-7-15-28)25-34(46(40,44)45)22-29-16-8-3-9-17-29/h1-19,31-34,36-37,41-42H,20-26H2,(H,39,43)/t31-,32-,33-,34-,36+,37-/m0/s1. The van der Waals surface area contributed by atoms with Crippen molar-refractivity contribution < 1.29 is 23.4 Å². The molecule has 240 valence electrons. The summed E-state index contributed by atoms with van der Waals surface area (Å²) in [5.41, 5.74) is 4.86. The van der Waals surface area contributed by atoms with Crippen LogP contribution in [0.15, 0.2) is 115 Å². The molecule has 0 bridgehead atoms. The topological polar surface area (TPSA) is 107 Å². The van der Waals surface area contributed by atoms with Crippen molar-refractivity contribution in [1.82, 2.24) is 9.62 Å². The van der Waals surface area contributed by atoms with Gasteiger partial charge in [-0.2, -0.15) is 4.31 Å². The van der Waals surface area contributed by atoms with Gasteiger partial charge >= 0.3 is 0 Å². The first kappa shape index (κ1) is 32.1. The summed E-state index contributed by atoms with van der Waals surface area (Å²) in [4.78, 5) is 13.9. The number of fused-ring (bicyclic) bond motifs is 1. The van der Waals surface area contributed by atoms with Crippen LogP contribution in [0.3, 0.4) is 0 Å². The zero-order chi connectivity index (χ0) is 32.1. The molecule has 1 heterocycles. The normalized spacial score (nSPS) is 23.4. The predicted molar refractivity (Wildman–Crippen MR) is 179 cm³/mol. The van der Waals surface area contributed by atoms with Crippen LogP contribution in [0.1, 0.15) is 46.7 Å². The van der Waals surface area contributed by atoms with Crippen LogP contribution in [0.25, 0.3) is 0 Å². The largest absolute Gasteiger partial charge is 0.392 e. The highest BCUT2D eigenvalue weighted by Gasteiger charge is 2.46. The fraction of sp³-hybridized carbons (Fsp3) is 0.342. The second-order valence-corrected chi connectivity index (χ2v) is 14.9. The summed E-state index contributed by atoms with van der Waals surface area (Å²) in [6.45, 7) is -0.0847. The number of carbonyl (C=O) groups is 1. The first-order chi connectivity index (χ1) is 22.3. The Morgan fingerprint density at radius 1 is 0.804 bits per heavy atom. The summed E-state index contributed by atoms with van der Waals surface area (Å²) < 4.78 is 29.6. The summed E-state index contributed by atoms with van der Waals surface area (Å²) >= 11 is 0. The third-order valence-corrected chi connectivity index (χ3v) is 11.8. The molecule has 0 unspecified atom stereocenters. The molecule has 0 aromatic heterocycles. The van der Waals surface area contributed by atoms with Crippen molar-refractivity contribution in [3.05, 3.63) is 143 Å². The fourth-order valence-electron chi connectivity index (χ4n) is 7.14. The van der Waals surface area contributed by atoms with Gasteiger partial charge in [-0.25, -0.2) is 8.42 Å². The van der Waals surface area contributed by atoms with E-state index < -0.39 is 39.4 Å². The van der Waals surface area contributed by atoms with E-state index in [0.717, 1.165) is 27.8 Å². The molecule has 4 aromatic carbocycles. The molecule has 4 aromatic rings. The van der Waals surface area contributed by atoms with Crippen molar-refractivity contribution in [2.75, 3.05) is 6.54 Å². The number of carbonyl (C=O) groups excluding carboxylic acids is 1. The zero-order valence-corrected chi connectivity index (χ0v) is 26.7. The van der Waals surface area contributed by atoms with Gasteiger partial charge in [0.1, 0.15) is 0 Å². The van der Waals surface area contributed by atoms with Gasteiger partial charge in [-0.3, -0.25) is 4.79 Å². The van der Waals surface area contributed by atoms with Gasteiger partial charge < -0.3 is 15.5 Å². The molecule has 6 rings (SSSR count). The van der Waals surface area contributed by atoms with Crippen LogP contribution in [0.5, 0.6) is 0 Å². The van der Waals surface area contributed by atoms with Crippen LogP contribution >= 0.6 is 0 Å². The maximum Gasteiger partial charge on any atom is 0.224 e. The number of hydrogen-bond donors (Lipinski definition) is 3. The molecule has 0 saturated carbocycles. The number of amides is 1. The van der Waals surface area contributed by atoms with Crippen molar-refractivity contribution in [3.8, 4) is 0 Å². The first-order valence-electron chi connectivity index (χ1n) is 16.1. The monoisotopic (exact) mass is 638 g/mol. The van der Waals surface area contributed by atoms with E-state index in [4.69, 9.17) is 0 Å². The second-order valence-electron chi connectivity index (χ2n) is 12.7. The molecule has 46 heavy (non-hydrogen) atoms. The second kappa shape index (κ2) is 14.3. The number of aliphatic hydroxyl groups is 2. The SMILES string of the molecule is O=C(N[C@H]1c2ccccc2C[C@H]1O)[C@@H](Cc1ccccc1)C[C@H](O)CN1[C@@H](Cc2ccccc2)C[C@H](Cc2ccccc2)S1(=O)=O. The van der Waals surface area contributed by atoms with Crippen LogP contribution < -0.4 is 5.32 Å². The van der Waals surface area contributed by atoms with Crippen molar-refractivity contribution in [2.24, 2.45) is 5.92 Å². The highest BCUT2D eigenvalue weighted by atomic mass is 32.2. The van der Waals surface area contributed by atoms with Gasteiger partial charge in [-0.15, -0.1) is 0 Å². The lowest BCUT2D eigenvalue weighted by atomic mass is 9.91. The molecule has 1 aliphatic heterocycles. The molecule has 1 fully saturated rings. The zero-order valence-electron chi connectivity index (χ0n) is 25.9. The Bertz CT molecular complexity index is 1700. The van der Waals surface area contributed by atoms with Gasteiger partial charge in [0.25, 0.3) is 0 Å². The third-order valence-electron chi connectivity index (χ3n) is 9.46. The van der Waals surface area contributed by atoms with Crippen molar-refractivity contribution >= 4 is 15.9 Å². The minimum absolute atomic E-state index is 0.0820. The Labute approximate surface area is 272 Å². The summed E-state index contributed by atoms with van der Waals surface area (Å²) in [7, 11) is -3.72. The van der Waals surface area contributed by atoms with E-state index in [2.05, 4.69) is 5.32 Å². The Kier molecular flexibility index (Phi) is 9.99. The highest BCUT2D eigenvalue weighted by molar-refractivity contribution is 7.90. The maximum atomic E-state index is 14.0. The molecule has 8 heteroatoms. The molecule has 1 amide bonds. The summed E-state index contributed by atoms with van der Waals surface area (Å²) in [6, 6.07) is 36.0. The number of hydrogen-bond acceptors (Lipinski definition) is 5. The van der Waals surface area contributed by atoms with Crippen molar-refractivity contribution in [3.63, 3.8) is 0 Å². The van der Waals surface area contributed by atoms with Gasteiger partial charge in [0.05, 0.1) is 23.5 Å². The number of rotatable bonds is 12. The highest BCUT2D eigenvalue weighted by Crippen LogP contribution is 2.34. The van der Waals surface area contributed by atoms with Gasteiger partial charge in [0.2, 0.25) is 15.9 Å². The van der Waals surface area contributed by atoms with Crippen LogP contribution in [0.2, 0.25) is 0 Å². The van der Waals surface area contributed by atoms with Crippen LogP contribution in [0, 0.1) is 5.92 Å². The Morgan fingerprint density at radius 3 is 2.02 bits per heavy atom. The molecule has 0 radical (unpaired) electrons. The molecule has 6 atom stereocenters. The van der Waals surface area contributed by atoms with Gasteiger partial charge in [-0.05, 0) is 59.9 Å². The lowest BCUT2D eigenvalue weighted by molar-refractivity contribution is -0.127. The average molecular weight is 639 g/mol. The quantitative estimate of drug-likeness (QED) is 0.210. The average Bonchev–Trinajstić information content (AvgIpc) is 3.49. The number of sulfonamides is 1. The van der Waals surface area contributed by atoms with Crippen LogP contribution in [-0.2, 0) is 40.5 Å². The van der Waals surface area contributed by atoms with Gasteiger partial charge in [0, 0.05) is 24.9 Å². The van der Waals surface area contributed by atoms with E-state index >= 15 is 0 Å². The molecule has 1 aliphatic carbocycles. The minimum Gasteiger partial charge on any atom is -0.392 e. The Hall–Kier alpha value is -3.82. The summed E-state index contributed by atoms with van der Waals surface area (Å²) in [5.74, 6) is -0.897. The molecule has 2 aliphatic rings. The van der Waals surface area contributed by atoms with E-state index in [9.17, 15) is 23.4 Å². The molecular weight excluding hydrogens is 596 g/mol. The third kappa shape index (κ3) is 7.42. The fourth-order valence-corrected chi connectivity index (χ4v) is 9.35. The van der Waals surface area contributed by atoms with Gasteiger partial charge in [-0.1, -0.05) is 115 Å². The number of nitrogens with zero attached hydrogens (tertiary/aromatic N) is 1. The Balaban J connectivity index is 1.21. The molecule has 0 spiro atoms. The summed E-state index contributed by atoms with van der Waals surface area (Å²) in [5, 5.41) is 24.8. The van der Waals surface area contributed by atoms with Crippen LogP contribution in [0.4, 0.5) is 0 Å². The number of β-amino-alcohol motifs (C(OH)–C–C–N with tert-alkyl or cyclic N) is 1. The van der Waals surface area contributed by atoms with Crippen molar-refractivity contribution in [1.29, 1.82) is 0 Å². The van der Waals surface area contributed by atoms with Crippen LogP contribution in [-0.4, -0.2) is 58.9 Å². The van der Waals surface area contributed by atoms with E-state index in [1.165, 1.54) is 4.31 Å². The van der Waals surface area contributed by atoms with Gasteiger partial charge in [0.15, 0.2) is 0 Å². The Morgan fingerprint density at radius 2 is 1.37 bits per heavy atom.